The monoisotopic (exact) mass is 462 g/mol. The SMILES string of the molecule is COc1cc(/C=C(\C#N)C(=O)NCc2ccco2)ccc1OC(=O)/C=C/c1ccc(Cl)cc1. The summed E-state index contributed by atoms with van der Waals surface area (Å²) in [6, 6.07) is 16.9. The van der Waals surface area contributed by atoms with Crippen LogP contribution < -0.4 is 14.8 Å². The summed E-state index contributed by atoms with van der Waals surface area (Å²) in [5, 5.41) is 12.6. The Balaban J connectivity index is 1.68. The van der Waals surface area contributed by atoms with Crippen LogP contribution in [-0.4, -0.2) is 19.0 Å². The third kappa shape index (κ3) is 6.86. The van der Waals surface area contributed by atoms with Crippen LogP contribution in [0.15, 0.2) is 76.9 Å². The Morgan fingerprint density at radius 1 is 1.12 bits per heavy atom. The van der Waals surface area contributed by atoms with Crippen molar-refractivity contribution in [3.8, 4) is 17.6 Å². The second-order valence-corrected chi connectivity index (χ2v) is 7.08. The highest BCUT2D eigenvalue weighted by molar-refractivity contribution is 6.30. The maximum absolute atomic E-state index is 12.3. The number of nitrogens with one attached hydrogen (secondary N) is 1. The predicted octanol–water partition coefficient (Wildman–Crippen LogP) is 4.78. The molecular formula is C25H19ClN2O5. The minimum absolute atomic E-state index is 0.0979. The van der Waals surface area contributed by atoms with Crippen LogP contribution in [0.5, 0.6) is 11.5 Å². The lowest BCUT2D eigenvalue weighted by Gasteiger charge is -2.09. The molecule has 33 heavy (non-hydrogen) atoms. The van der Waals surface area contributed by atoms with Crippen molar-refractivity contribution in [3.63, 3.8) is 0 Å². The number of carbonyl (C=O) groups is 2. The number of amides is 1. The predicted molar refractivity (Wildman–Crippen MR) is 123 cm³/mol. The van der Waals surface area contributed by atoms with Gasteiger partial charge in [-0.3, -0.25) is 4.79 Å². The first kappa shape index (κ1) is 23.4. The van der Waals surface area contributed by atoms with Gasteiger partial charge in [-0.05, 0) is 59.7 Å². The topological polar surface area (TPSA) is 102 Å². The number of ether oxygens (including phenoxy) is 2. The first-order valence-corrected chi connectivity index (χ1v) is 10.1. The highest BCUT2D eigenvalue weighted by Crippen LogP contribution is 2.29. The van der Waals surface area contributed by atoms with E-state index in [1.54, 1.807) is 54.6 Å². The van der Waals surface area contributed by atoms with Crippen LogP contribution in [0.25, 0.3) is 12.2 Å². The Morgan fingerprint density at radius 2 is 1.88 bits per heavy atom. The smallest absolute Gasteiger partial charge is 0.336 e. The van der Waals surface area contributed by atoms with Crippen LogP contribution in [0.4, 0.5) is 0 Å². The highest BCUT2D eigenvalue weighted by Gasteiger charge is 2.12. The van der Waals surface area contributed by atoms with Crippen LogP contribution in [-0.2, 0) is 16.1 Å². The Morgan fingerprint density at radius 3 is 2.55 bits per heavy atom. The molecule has 0 fully saturated rings. The average Bonchev–Trinajstić information content (AvgIpc) is 3.35. The van der Waals surface area contributed by atoms with Crippen molar-refractivity contribution in [2.75, 3.05) is 7.11 Å². The van der Waals surface area contributed by atoms with Crippen molar-refractivity contribution in [2.45, 2.75) is 6.54 Å². The van der Waals surface area contributed by atoms with Gasteiger partial charge in [-0.1, -0.05) is 29.8 Å². The summed E-state index contributed by atoms with van der Waals surface area (Å²) in [7, 11) is 1.42. The van der Waals surface area contributed by atoms with Gasteiger partial charge in [0.1, 0.15) is 17.4 Å². The third-order valence-electron chi connectivity index (χ3n) is 4.36. The summed E-state index contributed by atoms with van der Waals surface area (Å²) in [6.07, 6.45) is 5.79. The maximum Gasteiger partial charge on any atom is 0.336 e. The highest BCUT2D eigenvalue weighted by atomic mass is 35.5. The quantitative estimate of drug-likeness (QED) is 0.223. The lowest BCUT2D eigenvalue weighted by atomic mass is 10.1. The van der Waals surface area contributed by atoms with Gasteiger partial charge in [-0.15, -0.1) is 0 Å². The Labute approximate surface area is 195 Å². The van der Waals surface area contributed by atoms with Crippen LogP contribution >= 0.6 is 11.6 Å². The number of hydrogen-bond donors (Lipinski definition) is 1. The van der Waals surface area contributed by atoms with Crippen molar-refractivity contribution in [3.05, 3.63) is 94.4 Å². The second-order valence-electron chi connectivity index (χ2n) is 6.65. The summed E-state index contributed by atoms with van der Waals surface area (Å²) >= 11 is 5.85. The number of methoxy groups -OCH3 is 1. The maximum atomic E-state index is 12.3. The second kappa shape index (κ2) is 11.4. The molecule has 166 valence electrons. The van der Waals surface area contributed by atoms with E-state index in [0.29, 0.717) is 16.3 Å². The van der Waals surface area contributed by atoms with Crippen molar-refractivity contribution < 1.29 is 23.5 Å². The Hall–Kier alpha value is -4.28. The molecule has 1 aromatic heterocycles. The molecule has 0 saturated heterocycles. The Kier molecular flexibility index (Phi) is 8.06. The number of nitriles is 1. The normalized spacial score (nSPS) is 11.1. The molecule has 8 heteroatoms. The summed E-state index contributed by atoms with van der Waals surface area (Å²) < 4.78 is 15.8. The molecule has 1 heterocycles. The minimum Gasteiger partial charge on any atom is -0.493 e. The molecule has 0 unspecified atom stereocenters. The van der Waals surface area contributed by atoms with E-state index >= 15 is 0 Å². The standard InChI is InChI=1S/C25H19ClN2O5/c1-31-23-14-18(13-19(15-27)25(30)28-16-21-3-2-12-32-21)6-10-22(23)33-24(29)11-7-17-4-8-20(26)9-5-17/h2-14H,16H2,1H3,(H,28,30)/b11-7+,19-13+. The van der Waals surface area contributed by atoms with E-state index < -0.39 is 11.9 Å². The number of carbonyl (C=O) groups excluding carboxylic acids is 2. The molecule has 3 aromatic rings. The molecular weight excluding hydrogens is 444 g/mol. The minimum atomic E-state index is -0.596. The van der Waals surface area contributed by atoms with Gasteiger partial charge in [-0.2, -0.15) is 5.26 Å². The molecule has 0 radical (unpaired) electrons. The molecule has 0 spiro atoms. The third-order valence-corrected chi connectivity index (χ3v) is 4.61. The van der Waals surface area contributed by atoms with Gasteiger partial charge in [-0.25, -0.2) is 4.79 Å². The molecule has 0 bridgehead atoms. The van der Waals surface area contributed by atoms with Crippen LogP contribution in [0, 0.1) is 11.3 Å². The summed E-state index contributed by atoms with van der Waals surface area (Å²) in [5.74, 6) is -0.109. The lowest BCUT2D eigenvalue weighted by molar-refractivity contribution is -0.129. The van der Waals surface area contributed by atoms with Gasteiger partial charge in [0, 0.05) is 11.1 Å². The number of furan rings is 1. The summed E-state index contributed by atoms with van der Waals surface area (Å²) in [6.45, 7) is 0.159. The van der Waals surface area contributed by atoms with Gasteiger partial charge >= 0.3 is 5.97 Å². The van der Waals surface area contributed by atoms with E-state index in [1.807, 2.05) is 6.07 Å². The van der Waals surface area contributed by atoms with E-state index in [1.165, 1.54) is 31.6 Å². The molecule has 1 amide bonds. The zero-order valence-corrected chi connectivity index (χ0v) is 18.3. The molecule has 7 nitrogen and oxygen atoms in total. The molecule has 2 aromatic carbocycles. The number of nitrogens with zero attached hydrogens (tertiary/aromatic N) is 1. The number of benzene rings is 2. The zero-order chi connectivity index (χ0) is 23.6. The van der Waals surface area contributed by atoms with E-state index in [9.17, 15) is 14.9 Å². The van der Waals surface area contributed by atoms with Crippen LogP contribution in [0.3, 0.4) is 0 Å². The Bertz CT molecular complexity index is 1220. The van der Waals surface area contributed by atoms with Gasteiger partial charge < -0.3 is 19.2 Å². The number of esters is 1. The molecule has 3 rings (SSSR count). The van der Waals surface area contributed by atoms with Gasteiger partial charge in [0.2, 0.25) is 0 Å². The van der Waals surface area contributed by atoms with E-state index in [-0.39, 0.29) is 23.6 Å². The van der Waals surface area contributed by atoms with Crippen molar-refractivity contribution in [2.24, 2.45) is 0 Å². The zero-order valence-electron chi connectivity index (χ0n) is 17.6. The van der Waals surface area contributed by atoms with E-state index in [2.05, 4.69) is 5.32 Å². The molecule has 0 aliphatic rings. The summed E-state index contributed by atoms with van der Waals surface area (Å²) in [5.41, 5.74) is 1.21. The number of hydrogen-bond acceptors (Lipinski definition) is 6. The molecule has 0 atom stereocenters. The first-order valence-electron chi connectivity index (χ1n) is 9.74. The van der Waals surface area contributed by atoms with E-state index in [0.717, 1.165) is 5.56 Å². The fourth-order valence-electron chi connectivity index (χ4n) is 2.73. The number of rotatable bonds is 8. The van der Waals surface area contributed by atoms with Gasteiger partial charge in [0.15, 0.2) is 11.5 Å². The molecule has 1 N–H and O–H groups in total. The van der Waals surface area contributed by atoms with Crippen molar-refractivity contribution >= 4 is 35.6 Å². The summed E-state index contributed by atoms with van der Waals surface area (Å²) in [4.78, 5) is 24.5. The fraction of sp³-hybridized carbons (Fsp3) is 0.0800. The molecule has 0 saturated carbocycles. The molecule has 0 aliphatic heterocycles. The van der Waals surface area contributed by atoms with E-state index in [4.69, 9.17) is 25.5 Å². The van der Waals surface area contributed by atoms with Crippen LogP contribution in [0.1, 0.15) is 16.9 Å². The van der Waals surface area contributed by atoms with Crippen molar-refractivity contribution in [1.82, 2.24) is 5.32 Å². The first-order chi connectivity index (χ1) is 16.0. The van der Waals surface area contributed by atoms with Gasteiger partial charge in [0.25, 0.3) is 5.91 Å². The average molecular weight is 463 g/mol. The largest absolute Gasteiger partial charge is 0.493 e. The fourth-order valence-corrected chi connectivity index (χ4v) is 2.86. The van der Waals surface area contributed by atoms with Crippen molar-refractivity contribution in [1.29, 1.82) is 5.26 Å². The molecule has 0 aliphatic carbocycles. The van der Waals surface area contributed by atoms with Crippen LogP contribution in [0.2, 0.25) is 5.02 Å². The van der Waals surface area contributed by atoms with Gasteiger partial charge in [0.05, 0.1) is 19.9 Å². The number of halogens is 1. The lowest BCUT2D eigenvalue weighted by Crippen LogP contribution is -2.23.